The van der Waals surface area contributed by atoms with Crippen molar-refractivity contribution in [2.24, 2.45) is 4.99 Å². The van der Waals surface area contributed by atoms with Gasteiger partial charge in [-0.2, -0.15) is 5.26 Å². The number of rotatable bonds is 2. The van der Waals surface area contributed by atoms with E-state index in [9.17, 15) is 5.26 Å². The Hall–Kier alpha value is -2.55. The number of nitriles is 1. The van der Waals surface area contributed by atoms with Crippen LogP contribution < -0.4 is 16.0 Å². The first-order chi connectivity index (χ1) is 12.7. The van der Waals surface area contributed by atoms with E-state index in [1.54, 1.807) is 0 Å². The number of hydrogen-bond donors (Lipinski definition) is 3. The molecule has 6 heteroatoms. The number of benzene rings is 2. The van der Waals surface area contributed by atoms with Gasteiger partial charge in [0.05, 0.1) is 35.1 Å². The lowest BCUT2D eigenvalue weighted by atomic mass is 9.84. The molecule has 0 amide bonds. The number of aliphatic imine (C=N–C) groups is 1. The summed E-state index contributed by atoms with van der Waals surface area (Å²) >= 11 is 6.09. The number of fused-ring (bicyclic) bond motifs is 1. The molecule has 0 saturated carbocycles. The van der Waals surface area contributed by atoms with Gasteiger partial charge in [-0.15, -0.1) is 0 Å². The smallest absolute Gasteiger partial charge is 0.127 e. The molecule has 4 rings (SSSR count). The van der Waals surface area contributed by atoms with Crippen LogP contribution in [0.2, 0.25) is 5.02 Å². The summed E-state index contributed by atoms with van der Waals surface area (Å²) in [6.45, 7) is 2.43. The fourth-order valence-electron chi connectivity index (χ4n) is 3.60. The van der Waals surface area contributed by atoms with E-state index in [0.29, 0.717) is 12.1 Å². The van der Waals surface area contributed by atoms with Gasteiger partial charge in [0.2, 0.25) is 0 Å². The number of hydrogen-bond acceptors (Lipinski definition) is 4. The van der Waals surface area contributed by atoms with Gasteiger partial charge in [-0.1, -0.05) is 23.7 Å². The van der Waals surface area contributed by atoms with Gasteiger partial charge in [0.1, 0.15) is 5.84 Å². The molecule has 0 atom stereocenters. The van der Waals surface area contributed by atoms with Crippen LogP contribution in [0.1, 0.15) is 24.0 Å². The van der Waals surface area contributed by atoms with Gasteiger partial charge in [0.25, 0.3) is 0 Å². The molecular formula is C20H20ClN5. The predicted octanol–water partition coefficient (Wildman–Crippen LogP) is 3.77. The maximum Gasteiger partial charge on any atom is 0.127 e. The normalized spacial score (nSPS) is 19.3. The first kappa shape index (κ1) is 16.9. The first-order valence-corrected chi connectivity index (χ1v) is 9.16. The molecule has 0 aromatic heterocycles. The van der Waals surface area contributed by atoms with Crippen LogP contribution in [0, 0.1) is 11.3 Å². The third kappa shape index (κ3) is 3.26. The molecule has 2 aromatic carbocycles. The molecule has 2 aliphatic rings. The molecule has 132 valence electrons. The first-order valence-electron chi connectivity index (χ1n) is 8.78. The second-order valence-electron chi connectivity index (χ2n) is 6.75. The molecule has 2 heterocycles. The Morgan fingerprint density at radius 1 is 1.12 bits per heavy atom. The minimum atomic E-state index is -0.231. The van der Waals surface area contributed by atoms with Crippen molar-refractivity contribution >= 4 is 28.8 Å². The summed E-state index contributed by atoms with van der Waals surface area (Å²) in [4.78, 5) is 4.90. The van der Waals surface area contributed by atoms with Crippen LogP contribution in [-0.4, -0.2) is 24.5 Å². The zero-order valence-corrected chi connectivity index (χ0v) is 15.1. The number of anilines is 2. The summed E-state index contributed by atoms with van der Waals surface area (Å²) in [5.74, 6) is 0.955. The zero-order chi connectivity index (χ0) is 18.0. The summed E-state index contributed by atoms with van der Waals surface area (Å²) in [5.41, 5.74) is 3.43. The van der Waals surface area contributed by atoms with Gasteiger partial charge >= 0.3 is 0 Å². The number of halogens is 1. The van der Waals surface area contributed by atoms with Gasteiger partial charge in [0, 0.05) is 5.02 Å². The van der Waals surface area contributed by atoms with Crippen LogP contribution in [-0.2, 0) is 6.54 Å². The lowest BCUT2D eigenvalue weighted by Crippen LogP contribution is -2.57. The van der Waals surface area contributed by atoms with Gasteiger partial charge in [0.15, 0.2) is 0 Å². The summed E-state index contributed by atoms with van der Waals surface area (Å²) in [6, 6.07) is 15.7. The van der Waals surface area contributed by atoms with E-state index in [1.807, 2.05) is 42.5 Å². The van der Waals surface area contributed by atoms with Gasteiger partial charge in [-0.25, -0.2) is 0 Å². The average molecular weight is 366 g/mol. The van der Waals surface area contributed by atoms with E-state index >= 15 is 0 Å². The van der Waals surface area contributed by atoms with E-state index in [0.717, 1.165) is 53.7 Å². The molecule has 5 nitrogen and oxygen atoms in total. The Morgan fingerprint density at radius 2 is 1.96 bits per heavy atom. The Bertz CT molecular complexity index is 893. The van der Waals surface area contributed by atoms with Crippen LogP contribution in [0.4, 0.5) is 11.4 Å². The monoisotopic (exact) mass is 365 g/mol. The van der Waals surface area contributed by atoms with Gasteiger partial charge < -0.3 is 16.0 Å². The number of amidine groups is 1. The van der Waals surface area contributed by atoms with Crippen molar-refractivity contribution in [1.82, 2.24) is 5.32 Å². The van der Waals surface area contributed by atoms with Crippen LogP contribution >= 0.6 is 11.6 Å². The summed E-state index contributed by atoms with van der Waals surface area (Å²) in [7, 11) is 0. The van der Waals surface area contributed by atoms with E-state index in [2.05, 4.69) is 22.0 Å². The highest BCUT2D eigenvalue weighted by atomic mass is 35.5. The largest absolute Gasteiger partial charge is 0.371 e. The fourth-order valence-corrected chi connectivity index (χ4v) is 3.82. The molecule has 2 aliphatic heterocycles. The molecule has 1 saturated heterocycles. The maximum absolute atomic E-state index is 9.18. The zero-order valence-electron chi connectivity index (χ0n) is 14.3. The summed E-state index contributed by atoms with van der Waals surface area (Å²) in [6.07, 6.45) is 1.87. The van der Waals surface area contributed by atoms with E-state index in [-0.39, 0.29) is 5.54 Å². The van der Waals surface area contributed by atoms with Crippen molar-refractivity contribution in [3.8, 4) is 6.07 Å². The molecule has 0 unspecified atom stereocenters. The third-order valence-corrected chi connectivity index (χ3v) is 5.23. The van der Waals surface area contributed by atoms with Crippen molar-refractivity contribution in [3.05, 3.63) is 58.6 Å². The van der Waals surface area contributed by atoms with E-state index in [1.165, 1.54) is 0 Å². The van der Waals surface area contributed by atoms with Crippen LogP contribution in [0.15, 0.2) is 47.5 Å². The molecule has 0 radical (unpaired) electrons. The molecule has 2 aromatic rings. The summed E-state index contributed by atoms with van der Waals surface area (Å²) < 4.78 is 0. The Labute approximate surface area is 158 Å². The number of nitrogens with one attached hydrogen (secondary N) is 3. The van der Waals surface area contributed by atoms with Crippen molar-refractivity contribution in [2.75, 3.05) is 23.7 Å². The Morgan fingerprint density at radius 3 is 2.73 bits per heavy atom. The number of nitrogens with zero attached hydrogens (tertiary/aromatic N) is 2. The average Bonchev–Trinajstić information content (AvgIpc) is 2.66. The molecule has 1 fully saturated rings. The third-order valence-electron chi connectivity index (χ3n) is 4.99. The van der Waals surface area contributed by atoms with Crippen molar-refractivity contribution < 1.29 is 0 Å². The van der Waals surface area contributed by atoms with Crippen LogP contribution in [0.5, 0.6) is 0 Å². The van der Waals surface area contributed by atoms with Crippen molar-refractivity contribution in [1.29, 1.82) is 5.26 Å². The number of piperidine rings is 1. The highest BCUT2D eigenvalue weighted by molar-refractivity contribution is 6.30. The fraction of sp³-hybridized carbons (Fsp3) is 0.300. The van der Waals surface area contributed by atoms with Crippen LogP contribution in [0.3, 0.4) is 0 Å². The van der Waals surface area contributed by atoms with Gasteiger partial charge in [-0.3, -0.25) is 4.99 Å². The van der Waals surface area contributed by atoms with E-state index in [4.69, 9.17) is 16.6 Å². The highest BCUT2D eigenvalue weighted by Gasteiger charge is 2.40. The van der Waals surface area contributed by atoms with Crippen molar-refractivity contribution in [2.45, 2.75) is 24.9 Å². The molecule has 0 bridgehead atoms. The SMILES string of the molecule is N#Cc1ccc2c(c1)NC1(CCNCC1)C(=NCc1cccc(Cl)c1)N2. The standard InChI is InChI=1S/C20H20ClN5/c21-16-3-1-2-15(10-16)13-24-19-20(6-8-23-9-7-20)26-18-11-14(12-22)4-5-17(18)25-19/h1-5,10-11,23,26H,6-9,13H2,(H,24,25). The molecule has 26 heavy (non-hydrogen) atoms. The van der Waals surface area contributed by atoms with Crippen molar-refractivity contribution in [3.63, 3.8) is 0 Å². The minimum Gasteiger partial charge on any atom is -0.371 e. The Balaban J connectivity index is 1.68. The second kappa shape index (κ2) is 6.99. The predicted molar refractivity (Wildman–Crippen MR) is 106 cm³/mol. The molecule has 1 spiro atoms. The van der Waals surface area contributed by atoms with Gasteiger partial charge in [-0.05, 0) is 61.8 Å². The minimum absolute atomic E-state index is 0.231. The lowest BCUT2D eigenvalue weighted by molar-refractivity contribution is 0.419. The second-order valence-corrected chi connectivity index (χ2v) is 7.19. The topological polar surface area (TPSA) is 72.2 Å². The quantitative estimate of drug-likeness (QED) is 0.757. The maximum atomic E-state index is 9.18. The highest BCUT2D eigenvalue weighted by Crippen LogP contribution is 2.36. The molecular weight excluding hydrogens is 346 g/mol. The summed E-state index contributed by atoms with van der Waals surface area (Å²) in [5, 5.41) is 20.5. The molecule has 0 aliphatic carbocycles. The molecule has 3 N–H and O–H groups in total. The Kier molecular flexibility index (Phi) is 4.54. The van der Waals surface area contributed by atoms with Crippen LogP contribution in [0.25, 0.3) is 0 Å². The lowest BCUT2D eigenvalue weighted by Gasteiger charge is -2.44. The van der Waals surface area contributed by atoms with E-state index < -0.39 is 0 Å².